The number of anilines is 1. The monoisotopic (exact) mass is 477 g/mol. The van der Waals surface area contributed by atoms with Gasteiger partial charge in [0.1, 0.15) is 23.9 Å². The Labute approximate surface area is 201 Å². The van der Waals surface area contributed by atoms with Gasteiger partial charge in [-0.3, -0.25) is 14.9 Å². The highest BCUT2D eigenvalue weighted by Gasteiger charge is 2.17. The largest absolute Gasteiger partial charge is 0.490 e. The van der Waals surface area contributed by atoms with Gasteiger partial charge in [-0.25, -0.2) is 0 Å². The standard InChI is InChI=1S/C25H20ClN3O5/c1-2-33-24-14-17(11-12-23(24)34-16-18-7-3-4-8-20(18)26)13-19(15-27)25(30)28-21-9-5-6-10-22(21)29(31)32/h3-14H,2,16H2,1H3,(H,28,30)/b19-13+. The van der Waals surface area contributed by atoms with Crippen LogP contribution in [0.5, 0.6) is 11.5 Å². The average molecular weight is 478 g/mol. The minimum atomic E-state index is -0.770. The molecule has 0 radical (unpaired) electrons. The fourth-order valence-electron chi connectivity index (χ4n) is 3.02. The van der Waals surface area contributed by atoms with E-state index in [2.05, 4.69) is 5.32 Å². The minimum Gasteiger partial charge on any atom is -0.490 e. The molecular weight excluding hydrogens is 458 g/mol. The van der Waals surface area contributed by atoms with E-state index in [0.29, 0.717) is 28.7 Å². The van der Waals surface area contributed by atoms with Crippen LogP contribution in [0.25, 0.3) is 6.08 Å². The number of benzene rings is 3. The highest BCUT2D eigenvalue weighted by Crippen LogP contribution is 2.31. The van der Waals surface area contributed by atoms with Crippen LogP contribution in [-0.2, 0) is 11.4 Å². The van der Waals surface area contributed by atoms with Crippen molar-refractivity contribution in [1.29, 1.82) is 5.26 Å². The predicted molar refractivity (Wildman–Crippen MR) is 129 cm³/mol. The molecule has 0 aliphatic rings. The summed E-state index contributed by atoms with van der Waals surface area (Å²) < 4.78 is 11.5. The number of nitriles is 1. The second kappa shape index (κ2) is 11.5. The van der Waals surface area contributed by atoms with Crippen molar-refractivity contribution in [3.8, 4) is 17.6 Å². The number of carbonyl (C=O) groups excluding carboxylic acids is 1. The summed E-state index contributed by atoms with van der Waals surface area (Å²) in [5.74, 6) is 0.135. The molecule has 0 saturated carbocycles. The van der Waals surface area contributed by atoms with E-state index in [1.165, 1.54) is 24.3 Å². The number of ether oxygens (including phenoxy) is 2. The Bertz CT molecular complexity index is 1280. The molecule has 34 heavy (non-hydrogen) atoms. The Morgan fingerprint density at radius 2 is 1.85 bits per heavy atom. The molecule has 3 aromatic carbocycles. The van der Waals surface area contributed by atoms with Crippen molar-refractivity contribution in [3.05, 3.63) is 98.6 Å². The molecule has 0 atom stereocenters. The maximum atomic E-state index is 12.6. The number of hydrogen-bond acceptors (Lipinski definition) is 6. The first-order valence-corrected chi connectivity index (χ1v) is 10.6. The van der Waals surface area contributed by atoms with Crippen LogP contribution in [0.3, 0.4) is 0 Å². The summed E-state index contributed by atoms with van der Waals surface area (Å²) in [5.41, 5.74) is 0.825. The smallest absolute Gasteiger partial charge is 0.292 e. The lowest BCUT2D eigenvalue weighted by Crippen LogP contribution is -2.14. The third kappa shape index (κ3) is 6.12. The van der Waals surface area contributed by atoms with Gasteiger partial charge in [0, 0.05) is 16.7 Å². The lowest BCUT2D eigenvalue weighted by Gasteiger charge is -2.13. The van der Waals surface area contributed by atoms with Gasteiger partial charge >= 0.3 is 0 Å². The highest BCUT2D eigenvalue weighted by atomic mass is 35.5. The van der Waals surface area contributed by atoms with E-state index in [0.717, 1.165) is 5.56 Å². The molecule has 1 amide bonds. The number of carbonyl (C=O) groups is 1. The SMILES string of the molecule is CCOc1cc(/C=C(\C#N)C(=O)Nc2ccccc2[N+](=O)[O-])ccc1OCc1ccccc1Cl. The highest BCUT2D eigenvalue weighted by molar-refractivity contribution is 6.31. The molecule has 3 rings (SSSR count). The second-order valence-electron chi connectivity index (χ2n) is 6.92. The molecule has 0 unspecified atom stereocenters. The summed E-state index contributed by atoms with van der Waals surface area (Å²) in [6, 6.07) is 19.8. The van der Waals surface area contributed by atoms with E-state index in [4.69, 9.17) is 21.1 Å². The quantitative estimate of drug-likeness (QED) is 0.181. The molecule has 1 N–H and O–H groups in total. The van der Waals surface area contributed by atoms with E-state index in [1.807, 2.05) is 31.2 Å². The molecule has 0 aliphatic carbocycles. The summed E-state index contributed by atoms with van der Waals surface area (Å²) in [6.07, 6.45) is 1.37. The Balaban J connectivity index is 1.82. The first-order valence-electron chi connectivity index (χ1n) is 10.2. The fourth-order valence-corrected chi connectivity index (χ4v) is 3.21. The van der Waals surface area contributed by atoms with Crippen LogP contribution < -0.4 is 14.8 Å². The maximum absolute atomic E-state index is 12.6. The third-order valence-electron chi connectivity index (χ3n) is 4.63. The number of nitro benzene ring substituents is 1. The van der Waals surface area contributed by atoms with Gasteiger partial charge in [-0.05, 0) is 42.8 Å². The first kappa shape index (κ1) is 24.3. The van der Waals surface area contributed by atoms with Gasteiger partial charge in [0.25, 0.3) is 11.6 Å². The van der Waals surface area contributed by atoms with Gasteiger partial charge < -0.3 is 14.8 Å². The topological polar surface area (TPSA) is 114 Å². The van der Waals surface area contributed by atoms with E-state index in [-0.39, 0.29) is 23.6 Å². The zero-order valence-corrected chi connectivity index (χ0v) is 18.9. The third-order valence-corrected chi connectivity index (χ3v) is 5.00. The lowest BCUT2D eigenvalue weighted by atomic mass is 10.1. The van der Waals surface area contributed by atoms with Gasteiger partial charge in [-0.1, -0.05) is 48.0 Å². The van der Waals surface area contributed by atoms with Crippen molar-refractivity contribution in [1.82, 2.24) is 0 Å². The summed E-state index contributed by atoms with van der Waals surface area (Å²) in [7, 11) is 0. The summed E-state index contributed by atoms with van der Waals surface area (Å²) >= 11 is 6.18. The predicted octanol–water partition coefficient (Wildman–Crippen LogP) is 5.77. The molecule has 0 saturated heterocycles. The van der Waals surface area contributed by atoms with E-state index in [9.17, 15) is 20.2 Å². The average Bonchev–Trinajstić information content (AvgIpc) is 2.83. The Kier molecular flexibility index (Phi) is 8.21. The number of nitro groups is 1. The number of amides is 1. The van der Waals surface area contributed by atoms with Gasteiger partial charge in [0.05, 0.1) is 11.5 Å². The number of hydrogen-bond donors (Lipinski definition) is 1. The summed E-state index contributed by atoms with van der Waals surface area (Å²) in [6.45, 7) is 2.43. The van der Waals surface area contributed by atoms with Crippen molar-refractivity contribution < 1.29 is 19.2 Å². The molecule has 8 nitrogen and oxygen atoms in total. The van der Waals surface area contributed by atoms with Crippen LogP contribution >= 0.6 is 11.6 Å². The van der Waals surface area contributed by atoms with Crippen molar-refractivity contribution in [2.75, 3.05) is 11.9 Å². The Hall–Kier alpha value is -4.35. The van der Waals surface area contributed by atoms with Crippen molar-refractivity contribution in [2.24, 2.45) is 0 Å². The molecule has 3 aromatic rings. The van der Waals surface area contributed by atoms with E-state index < -0.39 is 10.8 Å². The molecule has 0 spiro atoms. The molecule has 9 heteroatoms. The van der Waals surface area contributed by atoms with Crippen LogP contribution in [-0.4, -0.2) is 17.4 Å². The molecule has 0 aliphatic heterocycles. The normalized spacial score (nSPS) is 10.8. The fraction of sp³-hybridized carbons (Fsp3) is 0.120. The molecular formula is C25H20ClN3O5. The number of rotatable bonds is 9. The molecule has 0 bridgehead atoms. The van der Waals surface area contributed by atoms with Gasteiger partial charge in [-0.2, -0.15) is 5.26 Å². The van der Waals surface area contributed by atoms with Crippen LogP contribution in [0.2, 0.25) is 5.02 Å². The molecule has 0 heterocycles. The molecule has 172 valence electrons. The Morgan fingerprint density at radius 3 is 2.56 bits per heavy atom. The van der Waals surface area contributed by atoms with Crippen molar-refractivity contribution in [2.45, 2.75) is 13.5 Å². The number of nitrogens with one attached hydrogen (secondary N) is 1. The van der Waals surface area contributed by atoms with Gasteiger partial charge in [0.15, 0.2) is 11.5 Å². The lowest BCUT2D eigenvalue weighted by molar-refractivity contribution is -0.383. The second-order valence-corrected chi connectivity index (χ2v) is 7.32. The van der Waals surface area contributed by atoms with Gasteiger partial charge in [0.2, 0.25) is 0 Å². The number of nitrogens with zero attached hydrogens (tertiary/aromatic N) is 2. The number of halogens is 1. The van der Waals surface area contributed by atoms with Gasteiger partial charge in [-0.15, -0.1) is 0 Å². The zero-order valence-electron chi connectivity index (χ0n) is 18.2. The molecule has 0 aromatic heterocycles. The van der Waals surface area contributed by atoms with Crippen LogP contribution in [0.1, 0.15) is 18.1 Å². The van der Waals surface area contributed by atoms with Crippen molar-refractivity contribution in [3.63, 3.8) is 0 Å². The number of para-hydroxylation sites is 2. The van der Waals surface area contributed by atoms with Crippen LogP contribution in [0, 0.1) is 21.4 Å². The van der Waals surface area contributed by atoms with Crippen molar-refractivity contribution >= 4 is 35.0 Å². The van der Waals surface area contributed by atoms with E-state index in [1.54, 1.807) is 30.3 Å². The van der Waals surface area contributed by atoms with E-state index >= 15 is 0 Å². The zero-order chi connectivity index (χ0) is 24.5. The summed E-state index contributed by atoms with van der Waals surface area (Å²) in [5, 5.41) is 23.7. The summed E-state index contributed by atoms with van der Waals surface area (Å²) in [4.78, 5) is 23.2. The first-order chi connectivity index (χ1) is 16.4. The minimum absolute atomic E-state index is 0.00280. The van der Waals surface area contributed by atoms with Crippen LogP contribution in [0.15, 0.2) is 72.3 Å². The Morgan fingerprint density at radius 1 is 1.12 bits per heavy atom. The molecule has 0 fully saturated rings. The maximum Gasteiger partial charge on any atom is 0.292 e. The van der Waals surface area contributed by atoms with Crippen LogP contribution in [0.4, 0.5) is 11.4 Å².